The van der Waals surface area contributed by atoms with Crippen molar-refractivity contribution in [2.75, 3.05) is 6.61 Å². The molecule has 0 unspecified atom stereocenters. The predicted octanol–water partition coefficient (Wildman–Crippen LogP) is 11.8. The molecule has 4 saturated carbocycles. The molecule has 0 atom stereocenters. The first-order valence-corrected chi connectivity index (χ1v) is 22.9. The predicted molar refractivity (Wildman–Crippen MR) is 216 cm³/mol. The second-order valence-corrected chi connectivity index (χ2v) is 20.1. The summed E-state index contributed by atoms with van der Waals surface area (Å²) in [5.41, 5.74) is -0.576. The minimum Gasteiger partial charge on any atom is -0.470 e. The molecule has 9 heteroatoms. The summed E-state index contributed by atoms with van der Waals surface area (Å²) in [6.07, 6.45) is 21.2. The fourth-order valence-electron chi connectivity index (χ4n) is 10.2. The zero-order chi connectivity index (χ0) is 38.4. The van der Waals surface area contributed by atoms with Crippen molar-refractivity contribution in [1.82, 2.24) is 0 Å². The van der Waals surface area contributed by atoms with Gasteiger partial charge in [0.15, 0.2) is 5.78 Å². The molecule has 4 aliphatic carbocycles. The Bertz CT molecular complexity index is 1560. The number of ketones is 1. The van der Waals surface area contributed by atoms with E-state index in [2.05, 4.69) is 18.7 Å². The zero-order valence-corrected chi connectivity index (χ0v) is 34.8. The summed E-state index contributed by atoms with van der Waals surface area (Å²) in [6, 6.07) is 3.57. The van der Waals surface area contributed by atoms with E-state index in [1.165, 1.54) is 87.7 Å². The van der Waals surface area contributed by atoms with Crippen LogP contribution in [-0.4, -0.2) is 35.0 Å². The van der Waals surface area contributed by atoms with Crippen molar-refractivity contribution >= 4 is 41.2 Å². The number of fused-ring (bicyclic) bond motifs is 1. The Balaban J connectivity index is 1.16. The molecule has 7 nitrogen and oxygen atoms in total. The quantitative estimate of drug-likeness (QED) is 0.0737. The normalized spacial score (nSPS) is 31.2. The number of thioether (sulfide) groups is 2. The highest BCUT2D eigenvalue weighted by Gasteiger charge is 2.38. The minimum absolute atomic E-state index is 0.0194. The van der Waals surface area contributed by atoms with Gasteiger partial charge in [0.05, 0.1) is 33.8 Å². The lowest BCUT2D eigenvalue weighted by molar-refractivity contribution is -0.141. The lowest BCUT2D eigenvalue weighted by Crippen LogP contribution is -2.30. The van der Waals surface area contributed by atoms with E-state index in [1.807, 2.05) is 0 Å². The summed E-state index contributed by atoms with van der Waals surface area (Å²) in [5, 5.41) is 10.1. The largest absolute Gasteiger partial charge is 0.470 e. The minimum atomic E-state index is -1.01. The van der Waals surface area contributed by atoms with Crippen molar-refractivity contribution in [2.24, 2.45) is 47.3 Å². The van der Waals surface area contributed by atoms with Crippen molar-refractivity contribution in [2.45, 2.75) is 165 Å². The van der Waals surface area contributed by atoms with Crippen LogP contribution in [0.15, 0.2) is 31.9 Å². The maximum absolute atomic E-state index is 14.3. The number of ether oxygens (including phenoxy) is 2. The van der Waals surface area contributed by atoms with E-state index in [-0.39, 0.29) is 42.3 Å². The Hall–Kier alpha value is -2.28. The number of esters is 2. The number of benzene rings is 1. The molecule has 1 heterocycles. The Morgan fingerprint density at radius 2 is 1.22 bits per heavy atom. The summed E-state index contributed by atoms with van der Waals surface area (Å²) >= 11 is 2.46. The smallest absolute Gasteiger partial charge is 0.338 e. The van der Waals surface area contributed by atoms with Crippen LogP contribution in [0.3, 0.4) is 0 Å². The molecule has 6 rings (SSSR count). The third kappa shape index (κ3) is 10.2. The number of Topliss-reactive ketones (excluding diaryl/α,β-unsaturated/α-hetero) is 1. The monoisotopic (exact) mass is 777 g/mol. The molecule has 0 saturated heterocycles. The van der Waals surface area contributed by atoms with Crippen LogP contribution in [-0.2, 0) is 14.3 Å². The molecule has 5 aliphatic rings. The topological polar surface area (TPSA) is 94.3 Å². The molecule has 1 aliphatic heterocycles. The molecular weight excluding hydrogens is 715 g/mol. The number of carbonyl (C=O) groups is 3. The van der Waals surface area contributed by atoms with E-state index in [9.17, 15) is 19.5 Å². The van der Waals surface area contributed by atoms with Gasteiger partial charge in [-0.2, -0.15) is 0 Å². The van der Waals surface area contributed by atoms with E-state index in [0.29, 0.717) is 37.2 Å². The van der Waals surface area contributed by atoms with E-state index >= 15 is 0 Å². The Morgan fingerprint density at radius 1 is 0.741 bits per heavy atom. The lowest BCUT2D eigenvalue weighted by atomic mass is 9.68. The van der Waals surface area contributed by atoms with Crippen LogP contribution in [0.5, 0.6) is 5.75 Å². The van der Waals surface area contributed by atoms with Crippen LogP contribution in [0.25, 0.3) is 4.85 Å². The molecule has 1 N–H and O–H groups in total. The molecule has 296 valence electrons. The standard InChI is InChI=1S/C45H63NO6S2/c1-6-28-8-12-30(13-9-28)32-16-20-34(21-17-32)39(47)36-24-25-37(41-40(36)53-44(54-41)38(46-5)43(49)51-27-26-45(3,4)50)52-42(48)35-22-18-33(19-23-35)31-14-10-29(7-2)11-15-31/h24-25,28-35,50H,6-23,26-27H2,1-4H3/b44-38+. The first-order valence-electron chi connectivity index (χ1n) is 21.3. The van der Waals surface area contributed by atoms with Gasteiger partial charge in [-0.05, 0) is 139 Å². The van der Waals surface area contributed by atoms with Gasteiger partial charge in [-0.25, -0.2) is 4.85 Å². The second kappa shape index (κ2) is 18.8. The molecule has 0 spiro atoms. The average Bonchev–Trinajstić information content (AvgIpc) is 3.63. The van der Waals surface area contributed by atoms with E-state index in [4.69, 9.17) is 16.0 Å². The highest BCUT2D eigenvalue weighted by atomic mass is 32.2. The number of hydrogen-bond acceptors (Lipinski definition) is 8. The maximum atomic E-state index is 14.3. The molecular formula is C45H63NO6S2. The van der Waals surface area contributed by atoms with Gasteiger partial charge in [-0.1, -0.05) is 75.9 Å². The summed E-state index contributed by atoms with van der Waals surface area (Å²) in [7, 11) is 0. The van der Waals surface area contributed by atoms with Crippen LogP contribution in [0.1, 0.15) is 160 Å². The van der Waals surface area contributed by atoms with Crippen molar-refractivity contribution in [3.05, 3.63) is 39.0 Å². The summed E-state index contributed by atoms with van der Waals surface area (Å²) in [6.45, 7) is 15.8. The average molecular weight is 778 g/mol. The number of aliphatic hydroxyl groups is 1. The van der Waals surface area contributed by atoms with Gasteiger partial charge in [-0.3, -0.25) is 14.4 Å². The number of nitrogens with zero attached hydrogens (tertiary/aromatic N) is 1. The van der Waals surface area contributed by atoms with Gasteiger partial charge in [-0.15, -0.1) is 0 Å². The number of hydrogen-bond donors (Lipinski definition) is 1. The molecule has 54 heavy (non-hydrogen) atoms. The number of carbonyl (C=O) groups excluding carboxylic acids is 3. The van der Waals surface area contributed by atoms with Gasteiger partial charge in [0.1, 0.15) is 5.75 Å². The van der Waals surface area contributed by atoms with Crippen LogP contribution >= 0.6 is 23.5 Å². The Labute approximate surface area is 332 Å². The van der Waals surface area contributed by atoms with Gasteiger partial charge >= 0.3 is 11.9 Å². The molecule has 1 aromatic carbocycles. The van der Waals surface area contributed by atoms with Gasteiger partial charge in [0, 0.05) is 22.8 Å². The molecule has 0 radical (unpaired) electrons. The highest BCUT2D eigenvalue weighted by Crippen LogP contribution is 2.58. The van der Waals surface area contributed by atoms with Gasteiger partial charge < -0.3 is 14.6 Å². The maximum Gasteiger partial charge on any atom is 0.338 e. The van der Waals surface area contributed by atoms with Crippen molar-refractivity contribution < 1.29 is 29.0 Å². The highest BCUT2D eigenvalue weighted by molar-refractivity contribution is 8.24. The molecule has 0 aromatic heterocycles. The zero-order valence-electron chi connectivity index (χ0n) is 33.2. The van der Waals surface area contributed by atoms with Crippen molar-refractivity contribution in [3.8, 4) is 5.75 Å². The SMILES string of the molecule is [C-]#[N+]/C(C(=O)OCCC(C)(C)O)=C1/Sc2c(OC(=O)C3CCC(C4CCC(CC)CC4)CC3)ccc(C(=O)C3CCC(C4CCC(CC)CC4)CC3)c2S1. The first kappa shape index (κ1) is 41.4. The van der Waals surface area contributed by atoms with Gasteiger partial charge in [0.2, 0.25) is 0 Å². The third-order valence-electron chi connectivity index (χ3n) is 13.9. The van der Waals surface area contributed by atoms with Crippen LogP contribution < -0.4 is 4.74 Å². The van der Waals surface area contributed by atoms with E-state index < -0.39 is 11.6 Å². The second-order valence-electron chi connectivity index (χ2n) is 17.8. The van der Waals surface area contributed by atoms with Crippen LogP contribution in [0, 0.1) is 53.9 Å². The van der Waals surface area contributed by atoms with E-state index in [0.717, 1.165) is 75.0 Å². The van der Waals surface area contributed by atoms with Crippen molar-refractivity contribution in [3.63, 3.8) is 0 Å². The first-order chi connectivity index (χ1) is 26.0. The summed E-state index contributed by atoms with van der Waals surface area (Å²) < 4.78 is 12.0. The Morgan fingerprint density at radius 3 is 1.70 bits per heavy atom. The van der Waals surface area contributed by atoms with Crippen molar-refractivity contribution in [1.29, 1.82) is 0 Å². The lowest BCUT2D eigenvalue weighted by Gasteiger charge is -2.37. The Kier molecular flexibility index (Phi) is 14.4. The van der Waals surface area contributed by atoms with E-state index in [1.54, 1.807) is 26.0 Å². The fourth-order valence-corrected chi connectivity index (χ4v) is 12.8. The molecule has 0 amide bonds. The molecule has 0 bridgehead atoms. The molecule has 1 aromatic rings. The number of rotatable bonds is 12. The summed E-state index contributed by atoms with van der Waals surface area (Å²) in [4.78, 5) is 46.0. The van der Waals surface area contributed by atoms with Gasteiger partial charge in [0.25, 0.3) is 5.70 Å². The molecule has 4 fully saturated rings. The third-order valence-corrected chi connectivity index (χ3v) is 16.5. The fraction of sp³-hybridized carbons (Fsp3) is 0.733. The summed E-state index contributed by atoms with van der Waals surface area (Å²) in [5.74, 6) is 4.03. The van der Waals surface area contributed by atoms with Crippen LogP contribution in [0.2, 0.25) is 0 Å². The van der Waals surface area contributed by atoms with Crippen LogP contribution in [0.4, 0.5) is 0 Å².